The Kier molecular flexibility index (Phi) is 4.80. The van der Waals surface area contributed by atoms with Crippen LogP contribution in [0.15, 0.2) is 18.2 Å². The van der Waals surface area contributed by atoms with Crippen LogP contribution in [0.1, 0.15) is 17.3 Å². The number of methoxy groups -OCH3 is 1. The maximum atomic E-state index is 12.1. The van der Waals surface area contributed by atoms with Gasteiger partial charge in [0.15, 0.2) is 0 Å². The summed E-state index contributed by atoms with van der Waals surface area (Å²) >= 11 is 5.82. The fraction of sp³-hybridized carbons (Fsp3) is 0.333. The molecule has 17 heavy (non-hydrogen) atoms. The molecule has 0 N–H and O–H groups in total. The van der Waals surface area contributed by atoms with E-state index in [2.05, 4.69) is 0 Å². The second-order valence-corrected chi connectivity index (χ2v) is 3.76. The Bertz CT molecular complexity index is 454. The first kappa shape index (κ1) is 13.3. The maximum absolute atomic E-state index is 12.1. The number of hydrogen-bond acceptors (Lipinski definition) is 3. The summed E-state index contributed by atoms with van der Waals surface area (Å²) in [6, 6.07) is 6.76. The number of rotatable bonds is 4. The molecule has 0 aromatic heterocycles. The quantitative estimate of drug-likeness (QED) is 0.773. The summed E-state index contributed by atoms with van der Waals surface area (Å²) in [5.74, 6) is 0.182. The van der Waals surface area contributed by atoms with Crippen molar-refractivity contribution < 1.29 is 9.53 Å². The molecule has 0 aliphatic rings. The van der Waals surface area contributed by atoms with Crippen LogP contribution in [0.3, 0.4) is 0 Å². The number of benzene rings is 1. The van der Waals surface area contributed by atoms with Gasteiger partial charge in [0, 0.05) is 11.6 Å². The molecule has 1 aromatic rings. The Morgan fingerprint density at radius 1 is 1.59 bits per heavy atom. The first-order chi connectivity index (χ1) is 8.13. The Morgan fingerprint density at radius 2 is 2.29 bits per heavy atom. The van der Waals surface area contributed by atoms with E-state index < -0.39 is 0 Å². The van der Waals surface area contributed by atoms with Crippen molar-refractivity contribution in [1.82, 2.24) is 4.90 Å². The summed E-state index contributed by atoms with van der Waals surface area (Å²) in [6.07, 6.45) is 0. The van der Waals surface area contributed by atoms with Gasteiger partial charge in [-0.15, -0.1) is 0 Å². The molecule has 0 fully saturated rings. The van der Waals surface area contributed by atoms with Crippen molar-refractivity contribution in [3.05, 3.63) is 28.8 Å². The van der Waals surface area contributed by atoms with E-state index in [4.69, 9.17) is 21.6 Å². The molecule has 5 heteroatoms. The van der Waals surface area contributed by atoms with Crippen molar-refractivity contribution in [2.45, 2.75) is 6.92 Å². The minimum atomic E-state index is -0.234. The van der Waals surface area contributed by atoms with Crippen LogP contribution in [0, 0.1) is 11.3 Å². The van der Waals surface area contributed by atoms with Crippen molar-refractivity contribution in [3.8, 4) is 11.8 Å². The molecule has 1 rings (SSSR count). The van der Waals surface area contributed by atoms with Crippen LogP contribution in [-0.2, 0) is 0 Å². The van der Waals surface area contributed by atoms with Gasteiger partial charge in [0.25, 0.3) is 5.91 Å². The molecule has 1 aromatic carbocycles. The van der Waals surface area contributed by atoms with Crippen molar-refractivity contribution in [2.75, 3.05) is 20.2 Å². The zero-order valence-corrected chi connectivity index (χ0v) is 10.5. The third kappa shape index (κ3) is 3.11. The monoisotopic (exact) mass is 252 g/mol. The van der Waals surface area contributed by atoms with Crippen LogP contribution in [0.5, 0.6) is 5.75 Å². The lowest BCUT2D eigenvalue weighted by molar-refractivity contribution is 0.0781. The minimum Gasteiger partial charge on any atom is -0.496 e. The van der Waals surface area contributed by atoms with Gasteiger partial charge in [0.1, 0.15) is 12.3 Å². The Morgan fingerprint density at radius 3 is 2.82 bits per heavy atom. The van der Waals surface area contributed by atoms with Crippen LogP contribution in [0.25, 0.3) is 0 Å². The molecule has 0 atom stereocenters. The Labute approximate surface area is 105 Å². The molecular weight excluding hydrogens is 240 g/mol. The van der Waals surface area contributed by atoms with Crippen LogP contribution in [0.4, 0.5) is 0 Å². The van der Waals surface area contributed by atoms with E-state index in [0.717, 1.165) is 0 Å². The van der Waals surface area contributed by atoms with Gasteiger partial charge in [-0.1, -0.05) is 11.6 Å². The minimum absolute atomic E-state index is 0.0567. The highest BCUT2D eigenvalue weighted by atomic mass is 35.5. The molecule has 0 aliphatic carbocycles. The molecule has 0 unspecified atom stereocenters. The van der Waals surface area contributed by atoms with E-state index in [-0.39, 0.29) is 12.5 Å². The highest BCUT2D eigenvalue weighted by Crippen LogP contribution is 2.24. The second-order valence-electron chi connectivity index (χ2n) is 3.32. The zero-order chi connectivity index (χ0) is 12.8. The SMILES string of the molecule is CCN(CC#N)C(=O)c1ccc(Cl)cc1OC. The van der Waals surface area contributed by atoms with Gasteiger partial charge >= 0.3 is 0 Å². The van der Waals surface area contributed by atoms with E-state index in [9.17, 15) is 4.79 Å². The van der Waals surface area contributed by atoms with E-state index in [1.165, 1.54) is 12.0 Å². The number of nitriles is 1. The van der Waals surface area contributed by atoms with Gasteiger partial charge < -0.3 is 9.64 Å². The predicted octanol–water partition coefficient (Wildman–Crippen LogP) is 2.33. The highest BCUT2D eigenvalue weighted by Gasteiger charge is 2.18. The molecular formula is C12H13ClN2O2. The highest BCUT2D eigenvalue weighted by molar-refractivity contribution is 6.30. The number of ether oxygens (including phenoxy) is 1. The third-order valence-electron chi connectivity index (χ3n) is 2.32. The summed E-state index contributed by atoms with van der Waals surface area (Å²) in [5, 5.41) is 9.14. The lowest BCUT2D eigenvalue weighted by Gasteiger charge is -2.18. The van der Waals surface area contributed by atoms with Crippen molar-refractivity contribution in [2.24, 2.45) is 0 Å². The summed E-state index contributed by atoms with van der Waals surface area (Å²) in [5.41, 5.74) is 0.411. The largest absolute Gasteiger partial charge is 0.496 e. The molecule has 0 radical (unpaired) electrons. The lowest BCUT2D eigenvalue weighted by atomic mass is 10.1. The summed E-state index contributed by atoms with van der Waals surface area (Å²) < 4.78 is 5.11. The summed E-state index contributed by atoms with van der Waals surface area (Å²) in [7, 11) is 1.48. The zero-order valence-electron chi connectivity index (χ0n) is 9.74. The number of hydrogen-bond donors (Lipinski definition) is 0. The van der Waals surface area contributed by atoms with Gasteiger partial charge in [0.2, 0.25) is 0 Å². The number of amides is 1. The number of halogens is 1. The normalized spacial score (nSPS) is 9.53. The van der Waals surface area contributed by atoms with Crippen molar-refractivity contribution in [3.63, 3.8) is 0 Å². The summed E-state index contributed by atoms with van der Waals surface area (Å²) in [6.45, 7) is 2.34. The van der Waals surface area contributed by atoms with E-state index in [1.54, 1.807) is 18.2 Å². The molecule has 0 bridgehead atoms. The number of carbonyl (C=O) groups excluding carboxylic acids is 1. The number of nitrogens with zero attached hydrogens (tertiary/aromatic N) is 2. The molecule has 4 nitrogen and oxygen atoms in total. The van der Waals surface area contributed by atoms with Gasteiger partial charge in [-0.05, 0) is 25.1 Å². The lowest BCUT2D eigenvalue weighted by Crippen LogP contribution is -2.31. The van der Waals surface area contributed by atoms with Gasteiger partial charge in [-0.2, -0.15) is 5.26 Å². The van der Waals surface area contributed by atoms with Crippen LogP contribution >= 0.6 is 11.6 Å². The molecule has 0 aliphatic heterocycles. The first-order valence-electron chi connectivity index (χ1n) is 5.13. The standard InChI is InChI=1S/C12H13ClN2O2/c1-3-15(7-6-14)12(16)10-5-4-9(13)8-11(10)17-2/h4-5,8H,3,7H2,1-2H3. The van der Waals surface area contributed by atoms with Crippen LogP contribution in [0.2, 0.25) is 5.02 Å². The van der Waals surface area contributed by atoms with Crippen molar-refractivity contribution in [1.29, 1.82) is 5.26 Å². The predicted molar refractivity (Wildman–Crippen MR) is 65.2 cm³/mol. The average Bonchev–Trinajstić information content (AvgIpc) is 2.34. The van der Waals surface area contributed by atoms with Gasteiger partial charge in [0.05, 0.1) is 18.7 Å². The molecule has 1 amide bonds. The first-order valence-corrected chi connectivity index (χ1v) is 5.51. The maximum Gasteiger partial charge on any atom is 0.258 e. The summed E-state index contributed by atoms with van der Waals surface area (Å²) in [4.78, 5) is 13.5. The number of carbonyl (C=O) groups is 1. The Hall–Kier alpha value is -1.73. The Balaban J connectivity index is 3.07. The van der Waals surface area contributed by atoms with Gasteiger partial charge in [-0.3, -0.25) is 4.79 Å². The molecule has 0 saturated heterocycles. The smallest absolute Gasteiger partial charge is 0.258 e. The topological polar surface area (TPSA) is 53.3 Å². The van der Waals surface area contributed by atoms with E-state index in [0.29, 0.717) is 22.9 Å². The van der Waals surface area contributed by atoms with Gasteiger partial charge in [-0.25, -0.2) is 0 Å². The fourth-order valence-electron chi connectivity index (χ4n) is 1.42. The van der Waals surface area contributed by atoms with Crippen LogP contribution in [-0.4, -0.2) is 31.0 Å². The molecule has 0 saturated carbocycles. The van der Waals surface area contributed by atoms with Crippen LogP contribution < -0.4 is 4.74 Å². The fourth-order valence-corrected chi connectivity index (χ4v) is 1.59. The second kappa shape index (κ2) is 6.12. The van der Waals surface area contributed by atoms with Crippen molar-refractivity contribution >= 4 is 17.5 Å². The molecule has 0 spiro atoms. The van der Waals surface area contributed by atoms with E-state index in [1.807, 2.05) is 13.0 Å². The average molecular weight is 253 g/mol. The molecule has 0 heterocycles. The van der Waals surface area contributed by atoms with E-state index >= 15 is 0 Å². The third-order valence-corrected chi connectivity index (χ3v) is 2.56. The molecule has 90 valence electrons.